The van der Waals surface area contributed by atoms with Crippen molar-refractivity contribution in [3.63, 3.8) is 0 Å². The summed E-state index contributed by atoms with van der Waals surface area (Å²) in [6, 6.07) is 12.6. The highest BCUT2D eigenvalue weighted by Crippen LogP contribution is 2.32. The average molecular weight is 454 g/mol. The molecule has 1 aliphatic carbocycles. The fourth-order valence-electron chi connectivity index (χ4n) is 5.05. The van der Waals surface area contributed by atoms with E-state index in [1.807, 2.05) is 37.8 Å². The van der Waals surface area contributed by atoms with Crippen molar-refractivity contribution in [2.75, 3.05) is 0 Å². The van der Waals surface area contributed by atoms with E-state index in [9.17, 15) is 5.11 Å². The van der Waals surface area contributed by atoms with Gasteiger partial charge in [0.2, 0.25) is 0 Å². The van der Waals surface area contributed by atoms with Crippen LogP contribution in [0, 0.1) is 11.3 Å². The van der Waals surface area contributed by atoms with Crippen molar-refractivity contribution < 1.29 is 5.11 Å². The molecule has 2 N–H and O–H groups in total. The smallest absolute Gasteiger partial charge is 0.0923 e. The molecule has 174 valence electrons. The minimum absolute atomic E-state index is 0.140. The van der Waals surface area contributed by atoms with Crippen molar-refractivity contribution in [2.24, 2.45) is 18.0 Å². The molecule has 1 fully saturated rings. The third-order valence-electron chi connectivity index (χ3n) is 6.81. The number of benzene rings is 1. The standard InChI is InChI=1S/C28H31N5O/c1-18-11-22(15-30-18)25-9-10-27(21-7-4-6-20(14-21)23-16-31-33(2)17-23)32-28(25)26(29)13-19-5-3-8-24(34)12-19/h4,6-7,9-11,14-19,24,29,34H,3,5,8,12-13H2,1-2H3. The van der Waals surface area contributed by atoms with Crippen molar-refractivity contribution in [2.45, 2.75) is 51.2 Å². The first-order chi connectivity index (χ1) is 16.5. The molecule has 1 aliphatic heterocycles. The molecule has 3 aromatic rings. The fraction of sp³-hybridized carbons (Fsp3) is 0.357. The number of nitrogens with zero attached hydrogens (tertiary/aromatic N) is 4. The monoisotopic (exact) mass is 453 g/mol. The van der Waals surface area contributed by atoms with E-state index < -0.39 is 0 Å². The summed E-state index contributed by atoms with van der Waals surface area (Å²) in [6.45, 7) is 2.06. The molecular weight excluding hydrogens is 422 g/mol. The van der Waals surface area contributed by atoms with Crippen LogP contribution in [-0.2, 0) is 7.05 Å². The number of aliphatic hydroxyl groups excluding tert-OH is 1. The van der Waals surface area contributed by atoms with E-state index in [0.717, 1.165) is 64.9 Å². The molecule has 1 saturated carbocycles. The summed E-state index contributed by atoms with van der Waals surface area (Å²) in [5.41, 5.74) is 7.25. The van der Waals surface area contributed by atoms with Gasteiger partial charge in [-0.2, -0.15) is 5.10 Å². The largest absolute Gasteiger partial charge is 0.393 e. The molecule has 5 rings (SSSR count). The second-order valence-electron chi connectivity index (χ2n) is 9.59. The normalized spacial score (nSPS) is 22.1. The van der Waals surface area contributed by atoms with Crippen LogP contribution in [-0.4, -0.2) is 43.9 Å². The lowest BCUT2D eigenvalue weighted by molar-refractivity contribution is 0.103. The Hall–Kier alpha value is -3.38. The van der Waals surface area contributed by atoms with Crippen molar-refractivity contribution in [1.29, 1.82) is 5.41 Å². The highest BCUT2D eigenvalue weighted by atomic mass is 16.3. The zero-order valence-corrected chi connectivity index (χ0v) is 19.8. The van der Waals surface area contributed by atoms with Gasteiger partial charge in [-0.3, -0.25) is 9.67 Å². The Morgan fingerprint density at radius 1 is 1.15 bits per heavy atom. The zero-order chi connectivity index (χ0) is 23.7. The molecule has 6 heteroatoms. The minimum atomic E-state index is -0.244. The molecule has 3 atom stereocenters. The Balaban J connectivity index is 1.51. The van der Waals surface area contributed by atoms with Crippen LogP contribution in [0.4, 0.5) is 0 Å². The van der Waals surface area contributed by atoms with Gasteiger partial charge in [0, 0.05) is 36.1 Å². The van der Waals surface area contributed by atoms with Gasteiger partial charge in [0.25, 0.3) is 0 Å². The van der Waals surface area contributed by atoms with E-state index in [1.54, 1.807) is 4.68 Å². The lowest BCUT2D eigenvalue weighted by Crippen LogP contribution is -2.22. The van der Waals surface area contributed by atoms with Crippen LogP contribution in [0.15, 0.2) is 59.9 Å². The highest BCUT2D eigenvalue weighted by Gasteiger charge is 2.24. The Morgan fingerprint density at radius 3 is 2.74 bits per heavy atom. The van der Waals surface area contributed by atoms with E-state index in [2.05, 4.69) is 47.4 Å². The second-order valence-corrected chi connectivity index (χ2v) is 9.59. The second kappa shape index (κ2) is 9.47. The van der Waals surface area contributed by atoms with Gasteiger partial charge in [-0.1, -0.05) is 30.7 Å². The van der Waals surface area contributed by atoms with E-state index >= 15 is 0 Å². The molecule has 3 heterocycles. The molecule has 0 spiro atoms. The van der Waals surface area contributed by atoms with Gasteiger partial charge in [0.1, 0.15) is 0 Å². The predicted molar refractivity (Wildman–Crippen MR) is 137 cm³/mol. The number of hydrogen-bond donors (Lipinski definition) is 2. The van der Waals surface area contributed by atoms with E-state index in [-0.39, 0.29) is 12.1 Å². The van der Waals surface area contributed by atoms with Crippen LogP contribution in [0.25, 0.3) is 28.0 Å². The molecule has 2 aromatic heterocycles. The Morgan fingerprint density at radius 2 is 2.00 bits per heavy atom. The van der Waals surface area contributed by atoms with E-state index in [1.165, 1.54) is 0 Å². The van der Waals surface area contributed by atoms with Crippen LogP contribution >= 0.6 is 0 Å². The first kappa shape index (κ1) is 22.4. The lowest BCUT2D eigenvalue weighted by atomic mass is 9.83. The number of hydrogen-bond acceptors (Lipinski definition) is 5. The molecule has 3 unspecified atom stereocenters. The molecule has 1 aromatic carbocycles. The fourth-order valence-corrected chi connectivity index (χ4v) is 5.05. The maximum absolute atomic E-state index is 10.1. The number of nitrogens with one attached hydrogen (secondary N) is 1. The summed E-state index contributed by atoms with van der Waals surface area (Å²) in [5, 5.41) is 23.4. The quantitative estimate of drug-likeness (QED) is 0.496. The predicted octanol–water partition coefficient (Wildman–Crippen LogP) is 5.31. The molecule has 0 amide bonds. The van der Waals surface area contributed by atoms with Crippen LogP contribution in [0.1, 0.15) is 50.3 Å². The van der Waals surface area contributed by atoms with E-state index in [0.29, 0.717) is 18.1 Å². The highest BCUT2D eigenvalue weighted by molar-refractivity contribution is 6.16. The third kappa shape index (κ3) is 4.77. The number of rotatable bonds is 6. The SMILES string of the molecule is CC1C=C(c2ccc(-c3cccc(-c4cnn(C)c4)c3)nc2C(=N)CC2CCCC(O)C2)C=N1. The summed E-state index contributed by atoms with van der Waals surface area (Å²) >= 11 is 0. The van der Waals surface area contributed by atoms with Crippen molar-refractivity contribution >= 4 is 17.5 Å². The topological polar surface area (TPSA) is 87.2 Å². The van der Waals surface area contributed by atoms with Crippen LogP contribution in [0.5, 0.6) is 0 Å². The Bertz CT molecular complexity index is 1270. The Labute approximate surface area is 200 Å². The van der Waals surface area contributed by atoms with Crippen molar-refractivity contribution in [3.8, 4) is 22.4 Å². The molecule has 0 bridgehead atoms. The summed E-state index contributed by atoms with van der Waals surface area (Å²) in [6.07, 6.45) is 12.0. The molecule has 0 saturated heterocycles. The Kier molecular flexibility index (Phi) is 6.24. The summed E-state index contributed by atoms with van der Waals surface area (Å²) < 4.78 is 1.80. The van der Waals surface area contributed by atoms with Gasteiger partial charge < -0.3 is 10.5 Å². The lowest BCUT2D eigenvalue weighted by Gasteiger charge is -2.26. The number of aliphatic hydroxyl groups is 1. The van der Waals surface area contributed by atoms with Crippen LogP contribution in [0.2, 0.25) is 0 Å². The van der Waals surface area contributed by atoms with Crippen LogP contribution < -0.4 is 0 Å². The molecule has 2 aliphatic rings. The number of aryl methyl sites for hydroxylation is 1. The van der Waals surface area contributed by atoms with Gasteiger partial charge in [0.05, 0.1) is 35.4 Å². The molecule has 0 radical (unpaired) electrons. The maximum atomic E-state index is 10.1. The number of pyridine rings is 1. The van der Waals surface area contributed by atoms with Gasteiger partial charge in [0.15, 0.2) is 0 Å². The first-order valence-corrected chi connectivity index (χ1v) is 12.1. The summed E-state index contributed by atoms with van der Waals surface area (Å²) in [5.74, 6) is 0.327. The first-order valence-electron chi connectivity index (χ1n) is 12.1. The summed E-state index contributed by atoms with van der Waals surface area (Å²) in [7, 11) is 1.92. The molecular formula is C28H31N5O. The van der Waals surface area contributed by atoms with Gasteiger partial charge >= 0.3 is 0 Å². The third-order valence-corrected chi connectivity index (χ3v) is 6.81. The summed E-state index contributed by atoms with van der Waals surface area (Å²) in [4.78, 5) is 9.52. The van der Waals surface area contributed by atoms with Crippen LogP contribution in [0.3, 0.4) is 0 Å². The zero-order valence-electron chi connectivity index (χ0n) is 19.8. The average Bonchev–Trinajstić information content (AvgIpc) is 3.47. The maximum Gasteiger partial charge on any atom is 0.0923 e. The molecule has 34 heavy (non-hydrogen) atoms. The number of aromatic nitrogens is 3. The van der Waals surface area contributed by atoms with Gasteiger partial charge in [-0.15, -0.1) is 0 Å². The molecule has 6 nitrogen and oxygen atoms in total. The number of aliphatic imine (C=N–C) groups is 1. The minimum Gasteiger partial charge on any atom is -0.393 e. The number of allylic oxidation sites excluding steroid dienone is 1. The van der Waals surface area contributed by atoms with Crippen molar-refractivity contribution in [1.82, 2.24) is 14.8 Å². The van der Waals surface area contributed by atoms with E-state index in [4.69, 9.17) is 10.4 Å². The van der Waals surface area contributed by atoms with Gasteiger partial charge in [-0.25, -0.2) is 4.98 Å². The van der Waals surface area contributed by atoms with Crippen molar-refractivity contribution in [3.05, 3.63) is 66.1 Å². The van der Waals surface area contributed by atoms with Gasteiger partial charge in [-0.05, 0) is 67.9 Å².